The predicted molar refractivity (Wildman–Crippen MR) is 85.1 cm³/mol. The van der Waals surface area contributed by atoms with E-state index in [1.54, 1.807) is 0 Å². The number of nitrogens with zero attached hydrogens (tertiary/aromatic N) is 1. The molecule has 1 aliphatic heterocycles. The molecule has 1 unspecified atom stereocenters. The van der Waals surface area contributed by atoms with E-state index >= 15 is 0 Å². The van der Waals surface area contributed by atoms with Crippen LogP contribution in [-0.4, -0.2) is 46.6 Å². The van der Waals surface area contributed by atoms with Gasteiger partial charge in [-0.2, -0.15) is 4.31 Å². The zero-order valence-electron chi connectivity index (χ0n) is 12.9. The Morgan fingerprint density at radius 1 is 1.32 bits per heavy atom. The van der Waals surface area contributed by atoms with E-state index in [0.29, 0.717) is 31.1 Å². The summed E-state index contributed by atoms with van der Waals surface area (Å²) in [4.78, 5) is 0.0214. The third-order valence-corrected chi connectivity index (χ3v) is 6.38. The second kappa shape index (κ2) is 6.23. The molecule has 2 N–H and O–H groups in total. The molecule has 1 aliphatic rings. The van der Waals surface area contributed by atoms with Crippen molar-refractivity contribution in [3.8, 4) is 11.5 Å². The maximum atomic E-state index is 12.8. The third-order valence-electron chi connectivity index (χ3n) is 4.07. The summed E-state index contributed by atoms with van der Waals surface area (Å²) < 4.78 is 37.4. The van der Waals surface area contributed by atoms with Crippen molar-refractivity contribution in [3.63, 3.8) is 0 Å². The number of sulfonamides is 1. The minimum Gasteiger partial charge on any atom is -0.493 e. The molecule has 124 valence electrons. The van der Waals surface area contributed by atoms with E-state index in [0.717, 1.165) is 6.42 Å². The zero-order chi connectivity index (χ0) is 16.5. The van der Waals surface area contributed by atoms with Crippen LogP contribution in [0.3, 0.4) is 0 Å². The molecule has 1 fully saturated rings. The summed E-state index contributed by atoms with van der Waals surface area (Å²) in [6, 6.07) is 2.85. The Morgan fingerprint density at radius 2 is 1.91 bits per heavy atom. The maximum absolute atomic E-state index is 12.8. The van der Waals surface area contributed by atoms with Gasteiger partial charge in [-0.1, -0.05) is 18.5 Å². The van der Waals surface area contributed by atoms with Crippen molar-refractivity contribution >= 4 is 21.6 Å². The number of benzene rings is 1. The van der Waals surface area contributed by atoms with Crippen LogP contribution < -0.4 is 15.2 Å². The summed E-state index contributed by atoms with van der Waals surface area (Å²) >= 11 is 6.14. The number of nitrogens with two attached hydrogens (primary N) is 1. The number of hydrogen-bond donors (Lipinski definition) is 1. The van der Waals surface area contributed by atoms with Crippen LogP contribution in [0.4, 0.5) is 0 Å². The van der Waals surface area contributed by atoms with Crippen LogP contribution in [0.5, 0.6) is 11.5 Å². The van der Waals surface area contributed by atoms with Crippen molar-refractivity contribution < 1.29 is 17.9 Å². The largest absolute Gasteiger partial charge is 0.493 e. The Morgan fingerprint density at radius 3 is 2.41 bits per heavy atom. The molecular formula is C14H21ClN2O4S. The molecule has 2 rings (SSSR count). The third kappa shape index (κ3) is 3.03. The molecule has 1 heterocycles. The van der Waals surface area contributed by atoms with Crippen LogP contribution in [0.25, 0.3) is 0 Å². The summed E-state index contributed by atoms with van der Waals surface area (Å²) in [5.41, 5.74) is 5.54. The van der Waals surface area contributed by atoms with Gasteiger partial charge in [0, 0.05) is 25.2 Å². The molecule has 6 nitrogen and oxygen atoms in total. The summed E-state index contributed by atoms with van der Waals surface area (Å²) in [6.45, 7) is 3.24. The fraction of sp³-hybridized carbons (Fsp3) is 0.571. The minimum absolute atomic E-state index is 0.0214. The molecule has 0 amide bonds. The lowest BCUT2D eigenvalue weighted by atomic mass is 9.90. The van der Waals surface area contributed by atoms with Crippen molar-refractivity contribution in [1.29, 1.82) is 0 Å². The normalized spacial score (nSPS) is 22.8. The molecular weight excluding hydrogens is 328 g/mol. The highest BCUT2D eigenvalue weighted by Gasteiger charge is 2.40. The Kier molecular flexibility index (Phi) is 4.91. The lowest BCUT2D eigenvalue weighted by Gasteiger charge is -2.23. The fourth-order valence-electron chi connectivity index (χ4n) is 2.52. The molecule has 1 aromatic carbocycles. The van der Waals surface area contributed by atoms with Gasteiger partial charge in [-0.05, 0) is 18.4 Å². The van der Waals surface area contributed by atoms with Crippen molar-refractivity contribution in [2.75, 3.05) is 33.9 Å². The molecule has 0 bridgehead atoms. The monoisotopic (exact) mass is 348 g/mol. The number of ether oxygens (including phenoxy) is 2. The number of halogens is 1. The molecule has 0 radical (unpaired) electrons. The van der Waals surface area contributed by atoms with Gasteiger partial charge in [-0.25, -0.2) is 8.42 Å². The Hall–Kier alpha value is -1.02. The van der Waals surface area contributed by atoms with E-state index in [-0.39, 0.29) is 15.3 Å². The summed E-state index contributed by atoms with van der Waals surface area (Å²) in [5.74, 6) is 0.714. The second-order valence-corrected chi connectivity index (χ2v) is 8.05. The lowest BCUT2D eigenvalue weighted by molar-refractivity contribution is 0.348. The standard InChI is InChI=1S/C14H21ClN2O4S/c1-14(8-16)4-5-17(9-14)22(18,19)13-7-12(21-3)11(20-2)6-10(13)15/h6-7H,4-5,8-9,16H2,1-3H3. The first-order valence-electron chi connectivity index (χ1n) is 6.89. The first-order valence-corrected chi connectivity index (χ1v) is 8.71. The van der Waals surface area contributed by atoms with Crippen molar-refractivity contribution in [2.24, 2.45) is 11.1 Å². The number of rotatable bonds is 5. The smallest absolute Gasteiger partial charge is 0.244 e. The second-order valence-electron chi connectivity index (χ2n) is 5.74. The average Bonchev–Trinajstić information content (AvgIpc) is 2.90. The Balaban J connectivity index is 2.42. The van der Waals surface area contributed by atoms with Gasteiger partial charge in [0.25, 0.3) is 0 Å². The quantitative estimate of drug-likeness (QED) is 0.876. The predicted octanol–water partition coefficient (Wildman–Crippen LogP) is 1.72. The Bertz CT molecular complexity index is 665. The van der Waals surface area contributed by atoms with Crippen LogP contribution in [-0.2, 0) is 10.0 Å². The van der Waals surface area contributed by atoms with Gasteiger partial charge in [0.15, 0.2) is 11.5 Å². The fourth-order valence-corrected chi connectivity index (χ4v) is 4.62. The molecule has 1 saturated heterocycles. The molecule has 0 spiro atoms. The highest BCUT2D eigenvalue weighted by Crippen LogP contribution is 2.39. The molecule has 0 aromatic heterocycles. The van der Waals surface area contributed by atoms with Gasteiger partial charge in [-0.15, -0.1) is 0 Å². The molecule has 0 saturated carbocycles. The average molecular weight is 349 g/mol. The SMILES string of the molecule is COc1cc(Cl)c(S(=O)(=O)N2CCC(C)(CN)C2)cc1OC. The van der Waals surface area contributed by atoms with E-state index in [2.05, 4.69) is 0 Å². The summed E-state index contributed by atoms with van der Waals surface area (Å²) in [5, 5.41) is 0.110. The van der Waals surface area contributed by atoms with Gasteiger partial charge in [0.2, 0.25) is 10.0 Å². The van der Waals surface area contributed by atoms with Crippen LogP contribution in [0.2, 0.25) is 5.02 Å². The van der Waals surface area contributed by atoms with Crippen LogP contribution >= 0.6 is 11.6 Å². The molecule has 22 heavy (non-hydrogen) atoms. The van der Waals surface area contributed by atoms with Crippen LogP contribution in [0.15, 0.2) is 17.0 Å². The van der Waals surface area contributed by atoms with Crippen LogP contribution in [0, 0.1) is 5.41 Å². The van der Waals surface area contributed by atoms with E-state index < -0.39 is 10.0 Å². The number of methoxy groups -OCH3 is 2. The Labute approximate surface area is 136 Å². The maximum Gasteiger partial charge on any atom is 0.244 e. The molecule has 1 atom stereocenters. The van der Waals surface area contributed by atoms with E-state index in [1.165, 1.54) is 30.7 Å². The van der Waals surface area contributed by atoms with E-state index in [4.69, 9.17) is 26.8 Å². The van der Waals surface area contributed by atoms with Crippen molar-refractivity contribution in [1.82, 2.24) is 4.31 Å². The topological polar surface area (TPSA) is 81.9 Å². The highest BCUT2D eigenvalue weighted by molar-refractivity contribution is 7.89. The first-order chi connectivity index (χ1) is 10.3. The minimum atomic E-state index is -3.70. The summed E-state index contributed by atoms with van der Waals surface area (Å²) in [6.07, 6.45) is 0.730. The number of hydrogen-bond acceptors (Lipinski definition) is 5. The molecule has 8 heteroatoms. The molecule has 0 aliphatic carbocycles. The zero-order valence-corrected chi connectivity index (χ0v) is 14.5. The van der Waals surface area contributed by atoms with Crippen molar-refractivity contribution in [3.05, 3.63) is 17.2 Å². The van der Waals surface area contributed by atoms with Gasteiger partial charge < -0.3 is 15.2 Å². The van der Waals surface area contributed by atoms with Gasteiger partial charge >= 0.3 is 0 Å². The first kappa shape index (κ1) is 17.3. The van der Waals surface area contributed by atoms with Gasteiger partial charge in [0.1, 0.15) is 4.90 Å². The van der Waals surface area contributed by atoms with Gasteiger partial charge in [-0.3, -0.25) is 0 Å². The summed E-state index contributed by atoms with van der Waals surface area (Å²) in [7, 11) is -0.782. The van der Waals surface area contributed by atoms with Gasteiger partial charge in [0.05, 0.1) is 19.2 Å². The van der Waals surface area contributed by atoms with Crippen LogP contribution in [0.1, 0.15) is 13.3 Å². The highest BCUT2D eigenvalue weighted by atomic mass is 35.5. The molecule has 1 aromatic rings. The van der Waals surface area contributed by atoms with E-state index in [1.807, 2.05) is 6.92 Å². The van der Waals surface area contributed by atoms with Crippen molar-refractivity contribution in [2.45, 2.75) is 18.2 Å². The lowest BCUT2D eigenvalue weighted by Crippen LogP contribution is -2.34. The van der Waals surface area contributed by atoms with E-state index in [9.17, 15) is 8.42 Å².